The van der Waals surface area contributed by atoms with E-state index in [1.165, 1.54) is 0 Å². The first-order valence-electron chi connectivity index (χ1n) is 6.24. The third-order valence-electron chi connectivity index (χ3n) is 3.09. The Bertz CT molecular complexity index is 674. The van der Waals surface area contributed by atoms with E-state index in [0.717, 1.165) is 27.8 Å². The molecule has 3 nitrogen and oxygen atoms in total. The van der Waals surface area contributed by atoms with Gasteiger partial charge in [-0.05, 0) is 29.8 Å². The summed E-state index contributed by atoms with van der Waals surface area (Å²) < 4.78 is 11.3. The number of hydrogen-bond acceptors (Lipinski definition) is 3. The van der Waals surface area contributed by atoms with Gasteiger partial charge in [-0.2, -0.15) is 0 Å². The number of fused-ring (bicyclic) bond motifs is 1. The molecule has 0 atom stereocenters. The highest BCUT2D eigenvalue weighted by atomic mass is 16.5. The highest BCUT2D eigenvalue weighted by Gasteiger charge is 2.07. The molecule has 1 heterocycles. The second-order valence-corrected chi connectivity index (χ2v) is 4.40. The van der Waals surface area contributed by atoms with Crippen LogP contribution in [0.5, 0.6) is 5.75 Å². The fraction of sp³-hybridized carbons (Fsp3) is 0.125. The van der Waals surface area contributed by atoms with Crippen molar-refractivity contribution in [1.82, 2.24) is 0 Å². The third kappa shape index (κ3) is 2.46. The van der Waals surface area contributed by atoms with Gasteiger partial charge in [0, 0.05) is 17.5 Å². The van der Waals surface area contributed by atoms with Crippen molar-refractivity contribution in [3.63, 3.8) is 0 Å². The van der Waals surface area contributed by atoms with Gasteiger partial charge in [-0.15, -0.1) is 0 Å². The number of benzene rings is 2. The van der Waals surface area contributed by atoms with E-state index >= 15 is 0 Å². The minimum absolute atomic E-state index is 0.491. The van der Waals surface area contributed by atoms with Crippen molar-refractivity contribution in [2.24, 2.45) is 5.73 Å². The summed E-state index contributed by atoms with van der Waals surface area (Å²) in [6.07, 6.45) is 1.74. The van der Waals surface area contributed by atoms with Crippen LogP contribution in [-0.4, -0.2) is 0 Å². The molecule has 0 saturated heterocycles. The Kier molecular flexibility index (Phi) is 3.21. The minimum atomic E-state index is 0.491. The number of nitrogens with two attached hydrogens (primary N) is 1. The van der Waals surface area contributed by atoms with E-state index in [4.69, 9.17) is 14.9 Å². The van der Waals surface area contributed by atoms with Crippen LogP contribution in [0, 0.1) is 0 Å². The molecule has 3 aromatic rings. The average molecular weight is 253 g/mol. The Morgan fingerprint density at radius 2 is 1.89 bits per heavy atom. The summed E-state index contributed by atoms with van der Waals surface area (Å²) in [4.78, 5) is 0. The van der Waals surface area contributed by atoms with Crippen molar-refractivity contribution in [1.29, 1.82) is 0 Å². The van der Waals surface area contributed by atoms with Gasteiger partial charge in [0.2, 0.25) is 0 Å². The molecule has 0 spiro atoms. The van der Waals surface area contributed by atoms with Gasteiger partial charge < -0.3 is 14.9 Å². The van der Waals surface area contributed by atoms with Crippen molar-refractivity contribution in [2.75, 3.05) is 0 Å². The molecule has 19 heavy (non-hydrogen) atoms. The molecule has 0 fully saturated rings. The van der Waals surface area contributed by atoms with Crippen LogP contribution in [0.25, 0.3) is 11.0 Å². The van der Waals surface area contributed by atoms with Crippen molar-refractivity contribution in [2.45, 2.75) is 13.2 Å². The summed E-state index contributed by atoms with van der Waals surface area (Å²) in [5.74, 6) is 0.854. The Morgan fingerprint density at radius 3 is 2.68 bits per heavy atom. The van der Waals surface area contributed by atoms with Crippen LogP contribution in [-0.2, 0) is 13.2 Å². The normalized spacial score (nSPS) is 10.8. The molecule has 0 aliphatic carbocycles. The monoisotopic (exact) mass is 253 g/mol. The number of ether oxygens (including phenoxy) is 1. The maximum atomic E-state index is 5.74. The van der Waals surface area contributed by atoms with Crippen LogP contribution in [0.4, 0.5) is 0 Å². The number of para-hydroxylation sites is 1. The Morgan fingerprint density at radius 1 is 1.05 bits per heavy atom. The summed E-state index contributed by atoms with van der Waals surface area (Å²) in [6.45, 7) is 1.02. The smallest absolute Gasteiger partial charge is 0.134 e. The zero-order chi connectivity index (χ0) is 13.1. The van der Waals surface area contributed by atoms with Crippen LogP contribution in [0.2, 0.25) is 0 Å². The Hall–Kier alpha value is -2.26. The highest BCUT2D eigenvalue weighted by molar-refractivity contribution is 5.81. The molecule has 3 heteroatoms. The molecule has 0 aliphatic rings. The average Bonchev–Trinajstić information content (AvgIpc) is 2.88. The second kappa shape index (κ2) is 5.16. The van der Waals surface area contributed by atoms with E-state index in [1.54, 1.807) is 6.26 Å². The van der Waals surface area contributed by atoms with E-state index in [9.17, 15) is 0 Å². The SMILES string of the molecule is NCc1ccc2occ(COc3ccccc3)c2c1. The molecule has 2 aromatic carbocycles. The van der Waals surface area contributed by atoms with Crippen LogP contribution in [0.1, 0.15) is 11.1 Å². The van der Waals surface area contributed by atoms with Crippen molar-refractivity contribution in [3.05, 3.63) is 65.9 Å². The lowest BCUT2D eigenvalue weighted by atomic mass is 10.1. The Balaban J connectivity index is 1.84. The molecule has 96 valence electrons. The molecule has 0 amide bonds. The topological polar surface area (TPSA) is 48.4 Å². The van der Waals surface area contributed by atoms with Gasteiger partial charge >= 0.3 is 0 Å². The molecule has 3 rings (SSSR count). The maximum Gasteiger partial charge on any atom is 0.134 e. The third-order valence-corrected chi connectivity index (χ3v) is 3.09. The lowest BCUT2D eigenvalue weighted by Crippen LogP contribution is -1.97. The fourth-order valence-corrected chi connectivity index (χ4v) is 2.05. The summed E-state index contributed by atoms with van der Waals surface area (Å²) in [6, 6.07) is 15.7. The maximum absolute atomic E-state index is 5.74. The van der Waals surface area contributed by atoms with Crippen molar-refractivity contribution in [3.8, 4) is 5.75 Å². The molecule has 0 aliphatic heterocycles. The van der Waals surface area contributed by atoms with E-state index in [1.807, 2.05) is 42.5 Å². The molecule has 2 N–H and O–H groups in total. The lowest BCUT2D eigenvalue weighted by Gasteiger charge is -2.04. The molecule has 1 aromatic heterocycles. The van der Waals surface area contributed by atoms with E-state index in [2.05, 4.69) is 6.07 Å². The molecule has 0 unspecified atom stereocenters. The molecule has 0 radical (unpaired) electrons. The predicted molar refractivity (Wildman–Crippen MR) is 74.9 cm³/mol. The minimum Gasteiger partial charge on any atom is -0.489 e. The quantitative estimate of drug-likeness (QED) is 0.774. The first-order chi connectivity index (χ1) is 9.36. The van der Waals surface area contributed by atoms with Crippen molar-refractivity contribution < 1.29 is 9.15 Å². The standard InChI is InChI=1S/C16H15NO2/c17-9-12-6-7-16-15(8-12)13(11-19-16)10-18-14-4-2-1-3-5-14/h1-8,11H,9-10,17H2. The summed E-state index contributed by atoms with van der Waals surface area (Å²) in [5.41, 5.74) is 8.66. The summed E-state index contributed by atoms with van der Waals surface area (Å²) in [5, 5.41) is 1.07. The van der Waals surface area contributed by atoms with Gasteiger partial charge in [-0.1, -0.05) is 24.3 Å². The fourth-order valence-electron chi connectivity index (χ4n) is 2.05. The van der Waals surface area contributed by atoms with Gasteiger partial charge in [0.15, 0.2) is 0 Å². The van der Waals surface area contributed by atoms with Crippen LogP contribution in [0.3, 0.4) is 0 Å². The van der Waals surface area contributed by atoms with Gasteiger partial charge in [0.1, 0.15) is 17.9 Å². The van der Waals surface area contributed by atoms with E-state index in [-0.39, 0.29) is 0 Å². The summed E-state index contributed by atoms with van der Waals surface area (Å²) in [7, 11) is 0. The van der Waals surface area contributed by atoms with Crippen LogP contribution < -0.4 is 10.5 Å². The van der Waals surface area contributed by atoms with Gasteiger partial charge in [0.05, 0.1) is 6.26 Å². The predicted octanol–water partition coefficient (Wildman–Crippen LogP) is 3.47. The molecular formula is C16H15NO2. The Labute approximate surface area is 111 Å². The van der Waals surface area contributed by atoms with Crippen molar-refractivity contribution >= 4 is 11.0 Å². The number of furan rings is 1. The highest BCUT2D eigenvalue weighted by Crippen LogP contribution is 2.24. The van der Waals surface area contributed by atoms with Gasteiger partial charge in [-0.25, -0.2) is 0 Å². The molecular weight excluding hydrogens is 238 g/mol. The first kappa shape index (κ1) is 11.8. The summed E-state index contributed by atoms with van der Waals surface area (Å²) >= 11 is 0. The van der Waals surface area contributed by atoms with Crippen LogP contribution >= 0.6 is 0 Å². The zero-order valence-electron chi connectivity index (χ0n) is 10.5. The van der Waals surface area contributed by atoms with Crippen LogP contribution in [0.15, 0.2) is 59.2 Å². The largest absolute Gasteiger partial charge is 0.489 e. The lowest BCUT2D eigenvalue weighted by molar-refractivity contribution is 0.306. The zero-order valence-corrected chi connectivity index (χ0v) is 10.5. The first-order valence-corrected chi connectivity index (χ1v) is 6.24. The van der Waals surface area contributed by atoms with E-state index < -0.39 is 0 Å². The number of hydrogen-bond donors (Lipinski definition) is 1. The van der Waals surface area contributed by atoms with Gasteiger partial charge in [-0.3, -0.25) is 0 Å². The second-order valence-electron chi connectivity index (χ2n) is 4.40. The number of rotatable bonds is 4. The molecule has 0 bridgehead atoms. The van der Waals surface area contributed by atoms with E-state index in [0.29, 0.717) is 13.2 Å². The van der Waals surface area contributed by atoms with Gasteiger partial charge in [0.25, 0.3) is 0 Å². The molecule has 0 saturated carbocycles.